The summed E-state index contributed by atoms with van der Waals surface area (Å²) >= 11 is 0. The van der Waals surface area contributed by atoms with Crippen molar-refractivity contribution < 1.29 is 14.6 Å². The van der Waals surface area contributed by atoms with E-state index in [2.05, 4.69) is 5.32 Å². The number of aliphatic hydroxyl groups is 1. The van der Waals surface area contributed by atoms with Crippen LogP contribution in [0.3, 0.4) is 0 Å². The summed E-state index contributed by atoms with van der Waals surface area (Å²) in [5.41, 5.74) is 0. The molecule has 0 saturated carbocycles. The van der Waals surface area contributed by atoms with E-state index in [4.69, 9.17) is 14.6 Å². The summed E-state index contributed by atoms with van der Waals surface area (Å²) in [5.74, 6) is -0.486. The average molecular weight is 215 g/mol. The number of hydrogen-bond acceptors (Lipinski definition) is 4. The molecule has 0 aromatic heterocycles. The number of hydrogen-bond donors (Lipinski definition) is 2. The van der Waals surface area contributed by atoms with Gasteiger partial charge in [0.15, 0.2) is 5.79 Å². The molecule has 2 heterocycles. The van der Waals surface area contributed by atoms with Gasteiger partial charge in [0.1, 0.15) is 0 Å². The van der Waals surface area contributed by atoms with Gasteiger partial charge in [0, 0.05) is 6.61 Å². The maximum atomic E-state index is 8.86. The van der Waals surface area contributed by atoms with Crippen LogP contribution >= 0.6 is 0 Å². The molecule has 2 aliphatic rings. The molecule has 0 aliphatic carbocycles. The Morgan fingerprint density at radius 1 is 1.47 bits per heavy atom. The highest BCUT2D eigenvalue weighted by Gasteiger charge is 2.43. The van der Waals surface area contributed by atoms with Gasteiger partial charge in [-0.25, -0.2) is 0 Å². The molecule has 0 amide bonds. The van der Waals surface area contributed by atoms with E-state index in [0.717, 1.165) is 13.0 Å². The van der Waals surface area contributed by atoms with Crippen molar-refractivity contribution in [3.63, 3.8) is 0 Å². The van der Waals surface area contributed by atoms with E-state index >= 15 is 0 Å². The molecule has 3 atom stereocenters. The normalized spacial score (nSPS) is 42.0. The highest BCUT2D eigenvalue weighted by Crippen LogP contribution is 2.31. The lowest BCUT2D eigenvalue weighted by Gasteiger charge is -2.36. The number of ether oxygens (including phenoxy) is 2. The van der Waals surface area contributed by atoms with Crippen molar-refractivity contribution in [2.45, 2.75) is 50.5 Å². The van der Waals surface area contributed by atoms with Crippen LogP contribution in [0.2, 0.25) is 0 Å². The van der Waals surface area contributed by atoms with Crippen LogP contribution in [0.4, 0.5) is 0 Å². The molecule has 88 valence electrons. The fourth-order valence-electron chi connectivity index (χ4n) is 2.43. The Morgan fingerprint density at radius 3 is 3.00 bits per heavy atom. The molecule has 0 bridgehead atoms. The molecule has 4 heteroatoms. The van der Waals surface area contributed by atoms with Gasteiger partial charge in [-0.15, -0.1) is 0 Å². The van der Waals surface area contributed by atoms with Gasteiger partial charge in [-0.05, 0) is 32.7 Å². The van der Waals surface area contributed by atoms with Crippen LogP contribution in [-0.4, -0.2) is 42.8 Å². The number of piperidine rings is 1. The van der Waals surface area contributed by atoms with Gasteiger partial charge in [0.2, 0.25) is 0 Å². The predicted molar refractivity (Wildman–Crippen MR) is 56.6 cm³/mol. The SMILES string of the molecule is CC1(C2CCCCN2)OCC(CCO)O1. The maximum Gasteiger partial charge on any atom is 0.181 e. The summed E-state index contributed by atoms with van der Waals surface area (Å²) in [6, 6.07) is 0.301. The largest absolute Gasteiger partial charge is 0.396 e. The van der Waals surface area contributed by atoms with Crippen molar-refractivity contribution in [2.75, 3.05) is 19.8 Å². The molecule has 2 rings (SSSR count). The Labute approximate surface area is 90.9 Å². The van der Waals surface area contributed by atoms with Crippen LogP contribution in [0.15, 0.2) is 0 Å². The molecule has 15 heavy (non-hydrogen) atoms. The van der Waals surface area contributed by atoms with Crippen LogP contribution in [0, 0.1) is 0 Å². The minimum Gasteiger partial charge on any atom is -0.396 e. The van der Waals surface area contributed by atoms with E-state index in [1.807, 2.05) is 6.92 Å². The lowest BCUT2D eigenvalue weighted by atomic mass is 9.98. The third kappa shape index (κ3) is 2.50. The molecule has 0 spiro atoms. The molecular formula is C11H21NO3. The lowest BCUT2D eigenvalue weighted by molar-refractivity contribution is -0.180. The first kappa shape index (κ1) is 11.3. The summed E-state index contributed by atoms with van der Waals surface area (Å²) in [6.07, 6.45) is 4.32. The molecule has 2 N–H and O–H groups in total. The minimum atomic E-state index is -0.486. The van der Waals surface area contributed by atoms with Crippen LogP contribution in [-0.2, 0) is 9.47 Å². The van der Waals surface area contributed by atoms with E-state index in [1.165, 1.54) is 12.8 Å². The number of rotatable bonds is 3. The molecule has 2 aliphatic heterocycles. The van der Waals surface area contributed by atoms with Crippen molar-refractivity contribution in [3.05, 3.63) is 0 Å². The summed E-state index contributed by atoms with van der Waals surface area (Å²) < 4.78 is 11.6. The van der Waals surface area contributed by atoms with Gasteiger partial charge < -0.3 is 19.9 Å². The minimum absolute atomic E-state index is 0.0590. The van der Waals surface area contributed by atoms with Crippen molar-refractivity contribution in [1.29, 1.82) is 0 Å². The topological polar surface area (TPSA) is 50.7 Å². The third-order valence-electron chi connectivity index (χ3n) is 3.35. The molecule has 2 saturated heterocycles. The van der Waals surface area contributed by atoms with E-state index < -0.39 is 5.79 Å². The Morgan fingerprint density at radius 2 is 2.33 bits per heavy atom. The van der Waals surface area contributed by atoms with Gasteiger partial charge in [-0.3, -0.25) is 0 Å². The van der Waals surface area contributed by atoms with E-state index in [1.54, 1.807) is 0 Å². The fraction of sp³-hybridized carbons (Fsp3) is 1.00. The number of nitrogens with one attached hydrogen (secondary N) is 1. The van der Waals surface area contributed by atoms with Crippen molar-refractivity contribution in [1.82, 2.24) is 5.32 Å². The van der Waals surface area contributed by atoms with Crippen molar-refractivity contribution in [2.24, 2.45) is 0 Å². The Kier molecular flexibility index (Phi) is 3.61. The zero-order chi connectivity index (χ0) is 10.7. The molecule has 2 fully saturated rings. The second-order valence-electron chi connectivity index (χ2n) is 4.58. The molecular weight excluding hydrogens is 194 g/mol. The van der Waals surface area contributed by atoms with Gasteiger partial charge in [0.05, 0.1) is 18.8 Å². The summed E-state index contributed by atoms with van der Waals surface area (Å²) in [7, 11) is 0. The van der Waals surface area contributed by atoms with Crippen molar-refractivity contribution >= 4 is 0 Å². The molecule has 0 aromatic rings. The zero-order valence-electron chi connectivity index (χ0n) is 9.37. The quantitative estimate of drug-likeness (QED) is 0.725. The highest BCUT2D eigenvalue weighted by atomic mass is 16.7. The second kappa shape index (κ2) is 4.78. The number of aliphatic hydroxyl groups excluding tert-OH is 1. The summed E-state index contributed by atoms with van der Waals surface area (Å²) in [6.45, 7) is 3.84. The Bertz CT molecular complexity index is 206. The van der Waals surface area contributed by atoms with Crippen LogP contribution < -0.4 is 5.32 Å². The molecule has 3 unspecified atom stereocenters. The van der Waals surface area contributed by atoms with E-state index in [0.29, 0.717) is 19.1 Å². The molecule has 0 radical (unpaired) electrons. The lowest BCUT2D eigenvalue weighted by Crippen LogP contribution is -2.52. The van der Waals surface area contributed by atoms with Crippen LogP contribution in [0.1, 0.15) is 32.6 Å². The molecule has 4 nitrogen and oxygen atoms in total. The third-order valence-corrected chi connectivity index (χ3v) is 3.35. The standard InChI is InChI=1S/C11H21NO3/c1-11(10-4-2-3-6-12-10)14-8-9(15-11)5-7-13/h9-10,12-13H,2-8H2,1H3. The first-order valence-electron chi connectivity index (χ1n) is 5.90. The van der Waals surface area contributed by atoms with Gasteiger partial charge in [0.25, 0.3) is 0 Å². The second-order valence-corrected chi connectivity index (χ2v) is 4.58. The average Bonchev–Trinajstić information content (AvgIpc) is 2.64. The van der Waals surface area contributed by atoms with E-state index in [-0.39, 0.29) is 12.7 Å². The van der Waals surface area contributed by atoms with Crippen molar-refractivity contribution in [3.8, 4) is 0 Å². The fourth-order valence-corrected chi connectivity index (χ4v) is 2.43. The summed E-state index contributed by atoms with van der Waals surface area (Å²) in [5, 5.41) is 12.3. The predicted octanol–water partition coefficient (Wildman–Crippen LogP) is 0.642. The maximum absolute atomic E-state index is 8.86. The zero-order valence-corrected chi connectivity index (χ0v) is 9.37. The first-order valence-corrected chi connectivity index (χ1v) is 5.90. The summed E-state index contributed by atoms with van der Waals surface area (Å²) in [4.78, 5) is 0. The Hall–Kier alpha value is -0.160. The smallest absolute Gasteiger partial charge is 0.181 e. The van der Waals surface area contributed by atoms with Gasteiger partial charge in [-0.1, -0.05) is 6.42 Å². The first-order chi connectivity index (χ1) is 7.24. The monoisotopic (exact) mass is 215 g/mol. The van der Waals surface area contributed by atoms with E-state index in [9.17, 15) is 0 Å². The molecule has 0 aromatic carbocycles. The van der Waals surface area contributed by atoms with Crippen LogP contribution in [0.25, 0.3) is 0 Å². The Balaban J connectivity index is 1.89. The van der Waals surface area contributed by atoms with Gasteiger partial charge >= 0.3 is 0 Å². The highest BCUT2D eigenvalue weighted by molar-refractivity contribution is 4.89. The van der Waals surface area contributed by atoms with Crippen LogP contribution in [0.5, 0.6) is 0 Å². The van der Waals surface area contributed by atoms with Gasteiger partial charge in [-0.2, -0.15) is 0 Å².